The molecule has 184 valence electrons. The minimum absolute atomic E-state index is 0.0129. The van der Waals surface area contributed by atoms with Gasteiger partial charge in [0.05, 0.1) is 12.0 Å². The standard InChI is InChI=1S/C29H40N2O3/c1-4-15-31-18-20-17-27-25(24-11-8-12-26(31)28(20)24)16-21(19-30(27)5-2)29(32)34-23-10-7-9-22(13-14-23)33-6-3/h4,8,11-12,18,21-23,25,27H,1,5-7,9-10,13-17,19H2,2-3H3/t21-,22?,23?,25?,27-/m1/s1. The zero-order valence-corrected chi connectivity index (χ0v) is 20.9. The molecule has 0 N–H and O–H groups in total. The molecule has 5 atom stereocenters. The maximum Gasteiger partial charge on any atom is 0.310 e. The van der Waals surface area contributed by atoms with Gasteiger partial charge in [0.25, 0.3) is 0 Å². The van der Waals surface area contributed by atoms with Crippen molar-refractivity contribution in [3.05, 3.63) is 48.2 Å². The Labute approximate surface area is 204 Å². The number of esters is 1. The summed E-state index contributed by atoms with van der Waals surface area (Å²) in [6, 6.07) is 7.15. The SMILES string of the molecule is C=CCn1cc2c3c(cccc31)C1C[C@@H](C(=O)OC3CCCC(OCC)CC3)CN(CC)[C@@H]1C2. The van der Waals surface area contributed by atoms with E-state index in [2.05, 4.69) is 54.3 Å². The molecule has 5 nitrogen and oxygen atoms in total. The first-order valence-corrected chi connectivity index (χ1v) is 13.4. The number of ether oxygens (including phenoxy) is 2. The summed E-state index contributed by atoms with van der Waals surface area (Å²) < 4.78 is 14.3. The number of hydrogen-bond donors (Lipinski definition) is 0. The first kappa shape index (κ1) is 23.6. The van der Waals surface area contributed by atoms with Gasteiger partial charge in [-0.2, -0.15) is 0 Å². The Morgan fingerprint density at radius 2 is 2.00 bits per heavy atom. The molecule has 2 heterocycles. The third-order valence-corrected chi connectivity index (χ3v) is 8.39. The van der Waals surface area contributed by atoms with Crippen LogP contribution in [-0.2, 0) is 27.2 Å². The number of fused-ring (bicyclic) bond motifs is 2. The first-order chi connectivity index (χ1) is 16.6. The molecule has 2 fully saturated rings. The van der Waals surface area contributed by atoms with Gasteiger partial charge in [0, 0.05) is 48.8 Å². The van der Waals surface area contributed by atoms with Crippen molar-refractivity contribution in [1.29, 1.82) is 0 Å². The number of nitrogens with zero attached hydrogens (tertiary/aromatic N) is 2. The molecule has 0 bridgehead atoms. The Bertz CT molecular complexity index is 1030. The van der Waals surface area contributed by atoms with Crippen LogP contribution in [0.5, 0.6) is 0 Å². The molecule has 3 unspecified atom stereocenters. The van der Waals surface area contributed by atoms with E-state index in [1.807, 2.05) is 6.08 Å². The average molecular weight is 465 g/mol. The molecule has 5 heteroatoms. The largest absolute Gasteiger partial charge is 0.462 e. The molecule has 34 heavy (non-hydrogen) atoms. The lowest BCUT2D eigenvalue weighted by Gasteiger charge is -2.46. The maximum absolute atomic E-state index is 13.4. The molecule has 1 saturated heterocycles. The van der Waals surface area contributed by atoms with Gasteiger partial charge in [-0.3, -0.25) is 9.69 Å². The number of allylic oxidation sites excluding steroid dienone is 1. The number of aromatic nitrogens is 1. The highest BCUT2D eigenvalue weighted by Gasteiger charge is 2.43. The Balaban J connectivity index is 1.34. The molecule has 1 aliphatic heterocycles. The van der Waals surface area contributed by atoms with Crippen LogP contribution >= 0.6 is 0 Å². The summed E-state index contributed by atoms with van der Waals surface area (Å²) in [6.07, 6.45) is 11.6. The van der Waals surface area contributed by atoms with Crippen LogP contribution < -0.4 is 0 Å². The fourth-order valence-electron chi connectivity index (χ4n) is 6.81. The van der Waals surface area contributed by atoms with Crippen molar-refractivity contribution in [2.45, 2.75) is 89.5 Å². The summed E-state index contributed by atoms with van der Waals surface area (Å²) in [4.78, 5) is 15.9. The van der Waals surface area contributed by atoms with Gasteiger partial charge in [0.1, 0.15) is 6.10 Å². The molecule has 2 aliphatic carbocycles. The monoisotopic (exact) mass is 464 g/mol. The van der Waals surface area contributed by atoms with Crippen molar-refractivity contribution in [2.24, 2.45) is 5.92 Å². The summed E-state index contributed by atoms with van der Waals surface area (Å²) in [5, 5.41) is 1.40. The third-order valence-electron chi connectivity index (χ3n) is 8.39. The van der Waals surface area contributed by atoms with E-state index in [-0.39, 0.29) is 18.0 Å². The van der Waals surface area contributed by atoms with Crippen molar-refractivity contribution in [1.82, 2.24) is 9.47 Å². The van der Waals surface area contributed by atoms with Gasteiger partial charge in [-0.05, 0) is 75.6 Å². The maximum atomic E-state index is 13.4. The zero-order valence-electron chi connectivity index (χ0n) is 20.9. The van der Waals surface area contributed by atoms with E-state index in [1.165, 1.54) is 22.0 Å². The summed E-state index contributed by atoms with van der Waals surface area (Å²) >= 11 is 0. The van der Waals surface area contributed by atoms with Gasteiger partial charge >= 0.3 is 5.97 Å². The number of rotatable bonds is 7. The van der Waals surface area contributed by atoms with Gasteiger partial charge in [0.2, 0.25) is 0 Å². The number of carbonyl (C=O) groups excluding carboxylic acids is 1. The predicted molar refractivity (Wildman–Crippen MR) is 136 cm³/mol. The van der Waals surface area contributed by atoms with Crippen LogP contribution in [0, 0.1) is 5.92 Å². The quantitative estimate of drug-likeness (QED) is 0.310. The Hall–Kier alpha value is -2.11. The van der Waals surface area contributed by atoms with Gasteiger partial charge in [-0.1, -0.05) is 25.1 Å². The number of benzene rings is 1. The summed E-state index contributed by atoms with van der Waals surface area (Å²) in [5.74, 6) is 0.330. The number of piperidine rings is 1. The lowest BCUT2D eigenvalue weighted by Crippen LogP contribution is -2.51. The average Bonchev–Trinajstić information content (AvgIpc) is 3.04. The summed E-state index contributed by atoms with van der Waals surface area (Å²) in [5.41, 5.74) is 4.15. The van der Waals surface area contributed by atoms with Crippen molar-refractivity contribution >= 4 is 16.9 Å². The van der Waals surface area contributed by atoms with Crippen LogP contribution in [0.4, 0.5) is 0 Å². The zero-order chi connectivity index (χ0) is 23.7. The van der Waals surface area contributed by atoms with Crippen LogP contribution in [-0.4, -0.2) is 53.4 Å². The molecule has 5 rings (SSSR count). The second-order valence-corrected chi connectivity index (χ2v) is 10.4. The number of likely N-dealkylation sites (tertiary alicyclic amines) is 1. The molecule has 2 aromatic rings. The molecular weight excluding hydrogens is 424 g/mol. The van der Waals surface area contributed by atoms with Crippen molar-refractivity contribution < 1.29 is 14.3 Å². The lowest BCUT2D eigenvalue weighted by molar-refractivity contribution is -0.157. The lowest BCUT2D eigenvalue weighted by atomic mass is 9.72. The Morgan fingerprint density at radius 3 is 2.79 bits per heavy atom. The number of hydrogen-bond acceptors (Lipinski definition) is 4. The third kappa shape index (κ3) is 4.45. The van der Waals surface area contributed by atoms with Gasteiger partial charge in [-0.15, -0.1) is 6.58 Å². The summed E-state index contributed by atoms with van der Waals surface area (Å²) in [6.45, 7) is 11.6. The van der Waals surface area contributed by atoms with E-state index in [0.717, 1.165) is 71.2 Å². The Kier molecular flexibility index (Phi) is 7.12. The fraction of sp³-hybridized carbons (Fsp3) is 0.621. The van der Waals surface area contributed by atoms with Crippen molar-refractivity contribution in [3.8, 4) is 0 Å². The first-order valence-electron chi connectivity index (χ1n) is 13.4. The minimum atomic E-state index is -0.0563. The van der Waals surface area contributed by atoms with Gasteiger partial charge in [-0.25, -0.2) is 0 Å². The number of carbonyl (C=O) groups is 1. The molecule has 3 aliphatic rings. The highest BCUT2D eigenvalue weighted by atomic mass is 16.5. The Morgan fingerprint density at radius 1 is 1.18 bits per heavy atom. The minimum Gasteiger partial charge on any atom is -0.462 e. The van der Waals surface area contributed by atoms with Crippen LogP contribution in [0.2, 0.25) is 0 Å². The second-order valence-electron chi connectivity index (χ2n) is 10.4. The molecular formula is C29H40N2O3. The smallest absolute Gasteiger partial charge is 0.310 e. The van der Waals surface area contributed by atoms with E-state index in [9.17, 15) is 4.79 Å². The van der Waals surface area contributed by atoms with Crippen molar-refractivity contribution in [2.75, 3.05) is 19.7 Å². The van der Waals surface area contributed by atoms with Crippen LogP contribution in [0.1, 0.15) is 69.4 Å². The molecule has 1 saturated carbocycles. The normalized spacial score (nSPS) is 29.4. The summed E-state index contributed by atoms with van der Waals surface area (Å²) in [7, 11) is 0. The second kappa shape index (κ2) is 10.2. The molecule has 0 amide bonds. The van der Waals surface area contributed by atoms with E-state index in [4.69, 9.17) is 9.47 Å². The number of likely N-dealkylation sites (N-methyl/N-ethyl adjacent to an activating group) is 1. The van der Waals surface area contributed by atoms with E-state index in [1.54, 1.807) is 0 Å². The van der Waals surface area contributed by atoms with E-state index >= 15 is 0 Å². The molecule has 1 aromatic heterocycles. The van der Waals surface area contributed by atoms with Gasteiger partial charge < -0.3 is 14.0 Å². The van der Waals surface area contributed by atoms with Crippen LogP contribution in [0.15, 0.2) is 37.1 Å². The topological polar surface area (TPSA) is 43.7 Å². The van der Waals surface area contributed by atoms with Crippen LogP contribution in [0.3, 0.4) is 0 Å². The fourth-order valence-corrected chi connectivity index (χ4v) is 6.81. The van der Waals surface area contributed by atoms with Crippen molar-refractivity contribution in [3.63, 3.8) is 0 Å². The molecule has 0 spiro atoms. The van der Waals surface area contributed by atoms with E-state index < -0.39 is 0 Å². The highest BCUT2D eigenvalue weighted by Crippen LogP contribution is 2.45. The highest BCUT2D eigenvalue weighted by molar-refractivity contribution is 5.89. The predicted octanol–water partition coefficient (Wildman–Crippen LogP) is 5.46. The molecule has 1 aromatic carbocycles. The van der Waals surface area contributed by atoms with Gasteiger partial charge in [0.15, 0.2) is 0 Å². The van der Waals surface area contributed by atoms with Crippen LogP contribution in [0.25, 0.3) is 10.9 Å². The molecule has 0 radical (unpaired) electrons. The van der Waals surface area contributed by atoms with E-state index in [0.29, 0.717) is 18.1 Å².